The Morgan fingerprint density at radius 1 is 1.12 bits per heavy atom. The molecule has 188 valence electrons. The number of benzene rings is 1. The molecule has 0 unspecified atom stereocenters. The minimum Gasteiger partial charge on any atom is -0.497 e. The van der Waals surface area contributed by atoms with E-state index < -0.39 is 43.5 Å². The molecule has 5 atom stereocenters. The molecule has 1 saturated heterocycles. The smallest absolute Gasteiger partial charge is 0.497 e. The Morgan fingerprint density at radius 2 is 1.79 bits per heavy atom. The summed E-state index contributed by atoms with van der Waals surface area (Å²) in [6.45, 7) is 5.47. The SMILES string of the molecule is COC(=O)OC[C@H]1O[C@@H](Oc2nn(C(C)C)c(C)c2Cc2ccc(OC)cc2)[C@H](O)[C@@H](O)[C@@H]1O. The van der Waals surface area contributed by atoms with Gasteiger partial charge in [-0.05, 0) is 38.5 Å². The van der Waals surface area contributed by atoms with Crippen LogP contribution in [0.3, 0.4) is 0 Å². The van der Waals surface area contributed by atoms with Crippen molar-refractivity contribution in [3.63, 3.8) is 0 Å². The van der Waals surface area contributed by atoms with Gasteiger partial charge in [0.25, 0.3) is 0 Å². The van der Waals surface area contributed by atoms with E-state index in [1.165, 1.54) is 0 Å². The highest BCUT2D eigenvalue weighted by Gasteiger charge is 2.46. The van der Waals surface area contributed by atoms with E-state index in [1.807, 2.05) is 45.0 Å². The van der Waals surface area contributed by atoms with E-state index in [4.69, 9.17) is 18.9 Å². The molecule has 0 radical (unpaired) electrons. The van der Waals surface area contributed by atoms with Crippen LogP contribution in [0.15, 0.2) is 24.3 Å². The van der Waals surface area contributed by atoms with Gasteiger partial charge in [-0.2, -0.15) is 0 Å². The third kappa shape index (κ3) is 5.61. The summed E-state index contributed by atoms with van der Waals surface area (Å²) >= 11 is 0. The fraction of sp³-hybridized carbons (Fsp3) is 0.565. The maximum absolute atomic E-state index is 11.3. The summed E-state index contributed by atoms with van der Waals surface area (Å²) in [7, 11) is 2.74. The lowest BCUT2D eigenvalue weighted by Gasteiger charge is -2.39. The average molecular weight is 481 g/mol. The van der Waals surface area contributed by atoms with Gasteiger partial charge in [0.15, 0.2) is 0 Å². The second-order valence-electron chi connectivity index (χ2n) is 8.33. The molecule has 0 aliphatic carbocycles. The number of nitrogens with zero attached hydrogens (tertiary/aromatic N) is 2. The maximum Gasteiger partial charge on any atom is 0.508 e. The Hall–Kier alpha value is -2.86. The van der Waals surface area contributed by atoms with Crippen molar-refractivity contribution in [2.24, 2.45) is 0 Å². The molecule has 1 aliphatic rings. The lowest BCUT2D eigenvalue weighted by Crippen LogP contribution is -2.60. The van der Waals surface area contributed by atoms with Gasteiger partial charge in [0, 0.05) is 23.7 Å². The average Bonchev–Trinajstić information content (AvgIpc) is 3.13. The molecule has 34 heavy (non-hydrogen) atoms. The fourth-order valence-electron chi connectivity index (χ4n) is 3.75. The molecule has 2 heterocycles. The van der Waals surface area contributed by atoms with Crippen molar-refractivity contribution in [1.82, 2.24) is 9.78 Å². The first-order chi connectivity index (χ1) is 16.2. The number of hydrogen-bond donors (Lipinski definition) is 3. The fourth-order valence-corrected chi connectivity index (χ4v) is 3.75. The van der Waals surface area contributed by atoms with E-state index >= 15 is 0 Å². The summed E-state index contributed by atoms with van der Waals surface area (Å²) in [5, 5.41) is 35.6. The van der Waals surface area contributed by atoms with E-state index in [2.05, 4.69) is 9.84 Å². The Morgan fingerprint density at radius 3 is 2.38 bits per heavy atom. The van der Waals surface area contributed by atoms with Crippen LogP contribution in [0, 0.1) is 6.92 Å². The Kier molecular flexibility index (Phi) is 8.37. The molecule has 3 N–H and O–H groups in total. The van der Waals surface area contributed by atoms with Gasteiger partial charge in [-0.1, -0.05) is 12.1 Å². The number of carbonyl (C=O) groups excluding carboxylic acids is 1. The third-order valence-corrected chi connectivity index (χ3v) is 5.69. The summed E-state index contributed by atoms with van der Waals surface area (Å²) in [4.78, 5) is 11.3. The van der Waals surface area contributed by atoms with Crippen LogP contribution in [0.1, 0.15) is 36.7 Å². The highest BCUT2D eigenvalue weighted by molar-refractivity contribution is 5.59. The number of aliphatic hydroxyl groups excluding tert-OH is 3. The minimum absolute atomic E-state index is 0.0396. The second-order valence-corrected chi connectivity index (χ2v) is 8.33. The molecule has 1 aliphatic heterocycles. The number of methoxy groups -OCH3 is 2. The molecular formula is C23H32N2O9. The number of hydrogen-bond acceptors (Lipinski definition) is 10. The minimum atomic E-state index is -1.59. The van der Waals surface area contributed by atoms with Crippen molar-refractivity contribution in [2.45, 2.75) is 63.9 Å². The van der Waals surface area contributed by atoms with E-state index in [1.54, 1.807) is 11.8 Å². The van der Waals surface area contributed by atoms with Gasteiger partial charge in [-0.25, -0.2) is 4.79 Å². The van der Waals surface area contributed by atoms with Crippen molar-refractivity contribution in [1.29, 1.82) is 0 Å². The second kappa shape index (κ2) is 11.0. The predicted octanol–water partition coefficient (Wildman–Crippen LogP) is 1.34. The van der Waals surface area contributed by atoms with Crippen molar-refractivity contribution in [3.8, 4) is 11.6 Å². The zero-order valence-corrected chi connectivity index (χ0v) is 19.9. The molecule has 3 rings (SSSR count). The zero-order valence-electron chi connectivity index (χ0n) is 19.9. The Labute approximate surface area is 197 Å². The lowest BCUT2D eigenvalue weighted by molar-refractivity contribution is -0.278. The van der Waals surface area contributed by atoms with Gasteiger partial charge in [-0.3, -0.25) is 4.68 Å². The molecule has 0 bridgehead atoms. The van der Waals surface area contributed by atoms with Gasteiger partial charge in [0.1, 0.15) is 36.8 Å². The van der Waals surface area contributed by atoms with Gasteiger partial charge in [-0.15, -0.1) is 5.10 Å². The molecule has 1 aromatic carbocycles. The molecule has 0 amide bonds. The summed E-state index contributed by atoms with van der Waals surface area (Å²) in [6, 6.07) is 7.62. The standard InChI is InChI=1S/C23H32N2O9/c1-12(2)25-13(3)16(10-14-6-8-15(30-4)9-7-14)21(24-25)34-22-20(28)19(27)18(26)17(33-22)11-32-23(29)31-5/h6-9,12,17-20,22,26-28H,10-11H2,1-5H3/t17-,18-,19+,20-,22+/m1/s1. The molecular weight excluding hydrogens is 448 g/mol. The molecule has 2 aromatic rings. The molecule has 11 heteroatoms. The zero-order chi connectivity index (χ0) is 25.0. The van der Waals surface area contributed by atoms with Crippen LogP contribution in [0.4, 0.5) is 4.79 Å². The molecule has 1 aromatic heterocycles. The number of rotatable bonds is 8. The van der Waals surface area contributed by atoms with Crippen LogP contribution in [0.2, 0.25) is 0 Å². The van der Waals surface area contributed by atoms with E-state index in [0.717, 1.165) is 29.7 Å². The van der Waals surface area contributed by atoms with Gasteiger partial charge in [0.05, 0.1) is 14.2 Å². The Balaban J connectivity index is 1.85. The molecule has 0 spiro atoms. The van der Waals surface area contributed by atoms with Crippen molar-refractivity contribution < 1.29 is 43.8 Å². The van der Waals surface area contributed by atoms with Crippen molar-refractivity contribution >= 4 is 6.16 Å². The van der Waals surface area contributed by atoms with Crippen molar-refractivity contribution in [3.05, 3.63) is 41.1 Å². The third-order valence-electron chi connectivity index (χ3n) is 5.69. The first-order valence-electron chi connectivity index (χ1n) is 10.9. The largest absolute Gasteiger partial charge is 0.508 e. The quantitative estimate of drug-likeness (QED) is 0.474. The maximum atomic E-state index is 11.3. The predicted molar refractivity (Wildman–Crippen MR) is 119 cm³/mol. The number of aromatic nitrogens is 2. The van der Waals surface area contributed by atoms with Crippen LogP contribution in [-0.4, -0.2) is 82.8 Å². The normalized spacial score (nSPS) is 24.7. The van der Waals surface area contributed by atoms with E-state index in [0.29, 0.717) is 6.42 Å². The number of carbonyl (C=O) groups is 1. The molecule has 0 saturated carbocycles. The summed E-state index contributed by atoms with van der Waals surface area (Å²) in [6.07, 6.45) is -7.67. The van der Waals surface area contributed by atoms with Gasteiger partial charge in [0.2, 0.25) is 12.2 Å². The monoisotopic (exact) mass is 480 g/mol. The molecule has 1 fully saturated rings. The van der Waals surface area contributed by atoms with Crippen LogP contribution in [0.5, 0.6) is 11.6 Å². The van der Waals surface area contributed by atoms with Crippen LogP contribution >= 0.6 is 0 Å². The Bertz CT molecular complexity index is 960. The number of ether oxygens (including phenoxy) is 5. The summed E-state index contributed by atoms with van der Waals surface area (Å²) in [5.74, 6) is 0.962. The highest BCUT2D eigenvalue weighted by Crippen LogP contribution is 2.31. The lowest BCUT2D eigenvalue weighted by atomic mass is 9.99. The topological polar surface area (TPSA) is 142 Å². The van der Waals surface area contributed by atoms with Gasteiger partial charge >= 0.3 is 6.16 Å². The van der Waals surface area contributed by atoms with Crippen LogP contribution in [0.25, 0.3) is 0 Å². The summed E-state index contributed by atoms with van der Waals surface area (Å²) < 4.78 is 27.8. The first-order valence-corrected chi connectivity index (χ1v) is 10.9. The molecule has 11 nitrogen and oxygen atoms in total. The highest BCUT2D eigenvalue weighted by atomic mass is 16.7. The van der Waals surface area contributed by atoms with Crippen molar-refractivity contribution in [2.75, 3.05) is 20.8 Å². The number of aliphatic hydroxyl groups is 3. The van der Waals surface area contributed by atoms with Gasteiger partial charge < -0.3 is 39.0 Å². The van der Waals surface area contributed by atoms with E-state index in [9.17, 15) is 20.1 Å². The first kappa shape index (κ1) is 25.8. The van der Waals surface area contributed by atoms with E-state index in [-0.39, 0.29) is 11.9 Å². The van der Waals surface area contributed by atoms with Crippen LogP contribution < -0.4 is 9.47 Å². The summed E-state index contributed by atoms with van der Waals surface area (Å²) in [5.41, 5.74) is 2.64. The van der Waals surface area contributed by atoms with Crippen LogP contribution in [-0.2, 0) is 20.6 Å².